The topological polar surface area (TPSA) is 66.9 Å². The number of methoxy groups -OCH3 is 1. The number of halogens is 1. The van der Waals surface area contributed by atoms with E-state index in [1.165, 1.54) is 4.90 Å². The van der Waals surface area contributed by atoms with Gasteiger partial charge in [0.2, 0.25) is 11.8 Å². The lowest BCUT2D eigenvalue weighted by molar-refractivity contribution is -0.132. The lowest BCUT2D eigenvalue weighted by Crippen LogP contribution is -2.44. The summed E-state index contributed by atoms with van der Waals surface area (Å²) in [6.07, 6.45) is 0.227. The summed E-state index contributed by atoms with van der Waals surface area (Å²) in [6, 6.07) is 12.3. The summed E-state index contributed by atoms with van der Waals surface area (Å²) in [6.45, 7) is 0.370. The summed E-state index contributed by atoms with van der Waals surface area (Å²) in [5, 5.41) is 0.555. The molecule has 28 heavy (non-hydrogen) atoms. The average molecular weight is 401 g/mol. The van der Waals surface area contributed by atoms with Crippen molar-refractivity contribution in [1.29, 1.82) is 0 Å². The minimum atomic E-state index is -0.348. The maximum Gasteiger partial charge on any atom is 0.260 e. The van der Waals surface area contributed by atoms with Gasteiger partial charge in [0, 0.05) is 42.7 Å². The Hall–Kier alpha value is -2.86. The molecule has 7 heteroatoms. The Morgan fingerprint density at radius 3 is 2.71 bits per heavy atom. The fourth-order valence-electron chi connectivity index (χ4n) is 3.24. The van der Waals surface area contributed by atoms with E-state index in [9.17, 15) is 14.4 Å². The van der Waals surface area contributed by atoms with Crippen molar-refractivity contribution in [1.82, 2.24) is 9.80 Å². The molecule has 0 unspecified atom stereocenters. The van der Waals surface area contributed by atoms with Gasteiger partial charge in [0.15, 0.2) is 0 Å². The number of hydrogen-bond acceptors (Lipinski definition) is 4. The Balaban J connectivity index is 1.63. The molecule has 1 aliphatic rings. The molecule has 3 amide bonds. The van der Waals surface area contributed by atoms with Crippen LogP contribution >= 0.6 is 11.6 Å². The fourth-order valence-corrected chi connectivity index (χ4v) is 3.43. The standard InChI is InChI=1S/C21H21ClN2O4/c1-23(13-15-11-16(22)7-8-18(15)28-2)19(25)9-10-24-20(26)12-14-5-3-4-6-17(14)21(24)27/h3-8,11H,9-10,12-13H2,1-2H3. The van der Waals surface area contributed by atoms with E-state index in [1.54, 1.807) is 56.6 Å². The molecule has 0 bridgehead atoms. The highest BCUT2D eigenvalue weighted by atomic mass is 35.5. The first-order valence-electron chi connectivity index (χ1n) is 8.89. The van der Waals surface area contributed by atoms with Crippen molar-refractivity contribution in [3.05, 3.63) is 64.2 Å². The molecular weight excluding hydrogens is 380 g/mol. The molecule has 0 radical (unpaired) electrons. The van der Waals surface area contributed by atoms with Crippen LogP contribution in [0.2, 0.25) is 5.02 Å². The summed E-state index contributed by atoms with van der Waals surface area (Å²) in [7, 11) is 3.22. The van der Waals surface area contributed by atoms with Gasteiger partial charge < -0.3 is 9.64 Å². The van der Waals surface area contributed by atoms with E-state index >= 15 is 0 Å². The predicted molar refractivity (Wildman–Crippen MR) is 105 cm³/mol. The molecule has 2 aromatic carbocycles. The normalized spacial score (nSPS) is 13.3. The molecule has 0 spiro atoms. The maximum absolute atomic E-state index is 12.6. The van der Waals surface area contributed by atoms with E-state index in [2.05, 4.69) is 0 Å². The van der Waals surface area contributed by atoms with E-state index in [0.717, 1.165) is 16.0 Å². The SMILES string of the molecule is COc1ccc(Cl)cc1CN(C)C(=O)CCN1C(=O)Cc2ccccc2C1=O. The number of carbonyl (C=O) groups excluding carboxylic acids is 3. The van der Waals surface area contributed by atoms with Gasteiger partial charge in [-0.3, -0.25) is 19.3 Å². The lowest BCUT2D eigenvalue weighted by Gasteiger charge is -2.27. The number of hydrogen-bond donors (Lipinski definition) is 0. The second-order valence-corrected chi connectivity index (χ2v) is 7.08. The lowest BCUT2D eigenvalue weighted by atomic mass is 9.98. The number of benzene rings is 2. The second-order valence-electron chi connectivity index (χ2n) is 6.64. The first-order valence-corrected chi connectivity index (χ1v) is 9.27. The van der Waals surface area contributed by atoms with Crippen LogP contribution in [0.3, 0.4) is 0 Å². The highest BCUT2D eigenvalue weighted by Gasteiger charge is 2.30. The molecule has 6 nitrogen and oxygen atoms in total. The average Bonchev–Trinajstić information content (AvgIpc) is 2.67. The van der Waals surface area contributed by atoms with Gasteiger partial charge in [0.1, 0.15) is 5.75 Å². The van der Waals surface area contributed by atoms with Gasteiger partial charge in [-0.2, -0.15) is 0 Å². The largest absolute Gasteiger partial charge is 0.496 e. The quantitative estimate of drug-likeness (QED) is 0.699. The van der Waals surface area contributed by atoms with Crippen molar-refractivity contribution in [3.63, 3.8) is 0 Å². The van der Waals surface area contributed by atoms with Gasteiger partial charge in [0.25, 0.3) is 5.91 Å². The zero-order chi connectivity index (χ0) is 20.3. The molecule has 0 N–H and O–H groups in total. The first-order chi connectivity index (χ1) is 13.4. The number of carbonyl (C=O) groups is 3. The number of amides is 3. The van der Waals surface area contributed by atoms with E-state index in [-0.39, 0.29) is 37.1 Å². The molecule has 0 atom stereocenters. The summed E-state index contributed by atoms with van der Waals surface area (Å²) >= 11 is 6.03. The molecule has 0 fully saturated rings. The van der Waals surface area contributed by atoms with Crippen LogP contribution in [0, 0.1) is 0 Å². The Morgan fingerprint density at radius 1 is 1.21 bits per heavy atom. The van der Waals surface area contributed by atoms with Crippen LogP contribution in [0.5, 0.6) is 5.75 Å². The van der Waals surface area contributed by atoms with Gasteiger partial charge in [-0.05, 0) is 29.8 Å². The highest BCUT2D eigenvalue weighted by molar-refractivity contribution is 6.30. The van der Waals surface area contributed by atoms with Crippen molar-refractivity contribution in [2.24, 2.45) is 0 Å². The fraction of sp³-hybridized carbons (Fsp3) is 0.286. The van der Waals surface area contributed by atoms with Crippen LogP contribution in [0.4, 0.5) is 0 Å². The van der Waals surface area contributed by atoms with Gasteiger partial charge in [-0.1, -0.05) is 29.8 Å². The molecule has 0 saturated heterocycles. The van der Waals surface area contributed by atoms with Crippen molar-refractivity contribution >= 4 is 29.3 Å². The van der Waals surface area contributed by atoms with E-state index in [4.69, 9.17) is 16.3 Å². The van der Waals surface area contributed by atoms with Crippen molar-refractivity contribution in [2.75, 3.05) is 20.7 Å². The van der Waals surface area contributed by atoms with Crippen LogP contribution in [-0.2, 0) is 22.6 Å². The minimum Gasteiger partial charge on any atom is -0.496 e. The minimum absolute atomic E-state index is 0.0546. The van der Waals surface area contributed by atoms with Crippen LogP contribution in [0.15, 0.2) is 42.5 Å². The summed E-state index contributed by atoms with van der Waals surface area (Å²) in [5.41, 5.74) is 2.03. The molecule has 0 aliphatic carbocycles. The first kappa shape index (κ1) is 19.9. The third kappa shape index (κ3) is 4.17. The Kier molecular flexibility index (Phi) is 5.99. The number of ether oxygens (including phenoxy) is 1. The third-order valence-electron chi connectivity index (χ3n) is 4.76. The van der Waals surface area contributed by atoms with E-state index in [1.807, 2.05) is 0 Å². The zero-order valence-corrected chi connectivity index (χ0v) is 16.5. The highest BCUT2D eigenvalue weighted by Crippen LogP contribution is 2.24. The number of nitrogens with zero attached hydrogens (tertiary/aromatic N) is 2. The Morgan fingerprint density at radius 2 is 1.96 bits per heavy atom. The van der Waals surface area contributed by atoms with Gasteiger partial charge >= 0.3 is 0 Å². The summed E-state index contributed by atoms with van der Waals surface area (Å²) in [4.78, 5) is 40.1. The third-order valence-corrected chi connectivity index (χ3v) is 5.00. The molecule has 1 heterocycles. The van der Waals surface area contributed by atoms with E-state index in [0.29, 0.717) is 22.9 Å². The molecule has 2 aromatic rings. The van der Waals surface area contributed by atoms with Crippen molar-refractivity contribution in [3.8, 4) is 5.75 Å². The number of fused-ring (bicyclic) bond motifs is 1. The monoisotopic (exact) mass is 400 g/mol. The molecular formula is C21H21ClN2O4. The van der Waals surface area contributed by atoms with Crippen LogP contribution in [0.25, 0.3) is 0 Å². The molecule has 3 rings (SSSR count). The van der Waals surface area contributed by atoms with Gasteiger partial charge in [-0.25, -0.2) is 0 Å². The summed E-state index contributed by atoms with van der Waals surface area (Å²) < 4.78 is 5.30. The molecule has 1 aliphatic heterocycles. The van der Waals surface area contributed by atoms with Crippen molar-refractivity contribution < 1.29 is 19.1 Å². The van der Waals surface area contributed by atoms with Crippen LogP contribution < -0.4 is 4.74 Å². The maximum atomic E-state index is 12.6. The summed E-state index contributed by atoms with van der Waals surface area (Å²) in [5.74, 6) is -0.169. The zero-order valence-electron chi connectivity index (χ0n) is 15.8. The van der Waals surface area contributed by atoms with Gasteiger partial charge in [-0.15, -0.1) is 0 Å². The van der Waals surface area contributed by atoms with Gasteiger partial charge in [0.05, 0.1) is 13.5 Å². The smallest absolute Gasteiger partial charge is 0.260 e. The number of imide groups is 1. The molecule has 146 valence electrons. The van der Waals surface area contributed by atoms with E-state index < -0.39 is 0 Å². The molecule has 0 aromatic heterocycles. The number of rotatable bonds is 6. The second kappa shape index (κ2) is 8.44. The molecule has 0 saturated carbocycles. The Bertz CT molecular complexity index is 928. The van der Waals surface area contributed by atoms with Crippen LogP contribution in [-0.4, -0.2) is 48.2 Å². The Labute approximate surface area is 168 Å². The van der Waals surface area contributed by atoms with Crippen molar-refractivity contribution in [2.45, 2.75) is 19.4 Å². The van der Waals surface area contributed by atoms with Crippen LogP contribution in [0.1, 0.15) is 27.9 Å². The predicted octanol–water partition coefficient (Wildman–Crippen LogP) is 2.92.